The average molecular weight is 647 g/mol. The van der Waals surface area contributed by atoms with Crippen LogP contribution in [0.15, 0.2) is 66.6 Å². The van der Waals surface area contributed by atoms with Crippen molar-refractivity contribution in [1.29, 1.82) is 0 Å². The second-order valence-corrected chi connectivity index (χ2v) is 12.9. The molecule has 0 bridgehead atoms. The van der Waals surface area contributed by atoms with E-state index in [1.807, 2.05) is 17.8 Å². The van der Waals surface area contributed by atoms with Crippen molar-refractivity contribution in [2.45, 2.75) is 121 Å². The maximum Gasteiger partial charge on any atom is 0.333 e. The number of hydrogen-bond acceptors (Lipinski definition) is 7. The summed E-state index contributed by atoms with van der Waals surface area (Å²) in [5.74, 6) is -0.428. The van der Waals surface area contributed by atoms with Gasteiger partial charge in [0.25, 0.3) is 0 Å². The van der Waals surface area contributed by atoms with Gasteiger partial charge in [-0.3, -0.25) is 4.79 Å². The van der Waals surface area contributed by atoms with Gasteiger partial charge in [0.05, 0.1) is 19.1 Å². The number of imidazole rings is 1. The Labute approximate surface area is 271 Å². The van der Waals surface area contributed by atoms with Gasteiger partial charge in [0.1, 0.15) is 34.7 Å². The summed E-state index contributed by atoms with van der Waals surface area (Å²) in [5, 5.41) is 0. The summed E-state index contributed by atoms with van der Waals surface area (Å²) in [4.78, 5) is 23.5. The fourth-order valence-corrected chi connectivity index (χ4v) is 5.38. The van der Waals surface area contributed by atoms with Crippen molar-refractivity contribution in [1.82, 2.24) is 4.57 Å². The number of rotatable bonds is 21. The van der Waals surface area contributed by atoms with E-state index >= 15 is 0 Å². The molecule has 0 fully saturated rings. The van der Waals surface area contributed by atoms with Gasteiger partial charge in [-0.25, -0.2) is 22.3 Å². The Kier molecular flexibility index (Phi) is 19.7. The number of carbonyl (C=O) groups excluding carboxylic acids is 2. The molecule has 0 radical (unpaired) electrons. The number of esters is 2. The molecule has 9 nitrogen and oxygen atoms in total. The fraction of sp³-hybridized carbons (Fsp3) is 0.571. The molecule has 0 N–H and O–H groups in total. The lowest BCUT2D eigenvalue weighted by atomic mass is 9.97. The third-order valence-corrected chi connectivity index (χ3v) is 8.41. The molecule has 0 aliphatic rings. The maximum absolute atomic E-state index is 12.4. The van der Waals surface area contributed by atoms with Crippen LogP contribution in [0.5, 0.6) is 0 Å². The molecule has 1 heterocycles. The maximum atomic E-state index is 12.4. The first kappa shape index (κ1) is 39.8. The van der Waals surface area contributed by atoms with Crippen molar-refractivity contribution in [2.75, 3.05) is 7.11 Å². The Morgan fingerprint density at radius 3 is 2.07 bits per heavy atom. The van der Waals surface area contributed by atoms with Crippen LogP contribution < -0.4 is 4.57 Å². The van der Waals surface area contributed by atoms with E-state index in [1.54, 1.807) is 13.0 Å². The van der Waals surface area contributed by atoms with Crippen LogP contribution in [0.25, 0.3) is 6.08 Å². The normalized spacial score (nSPS) is 12.4. The van der Waals surface area contributed by atoms with Crippen LogP contribution in [0, 0.1) is 0 Å². The molecule has 2 unspecified atom stereocenters. The van der Waals surface area contributed by atoms with Gasteiger partial charge in [-0.05, 0) is 56.7 Å². The number of ether oxygens (including phenoxy) is 2. The first-order chi connectivity index (χ1) is 21.4. The van der Waals surface area contributed by atoms with Crippen molar-refractivity contribution in [2.24, 2.45) is 7.05 Å². The van der Waals surface area contributed by atoms with E-state index in [0.717, 1.165) is 56.9 Å². The average Bonchev–Trinajstić information content (AvgIpc) is 3.45. The Hall–Kier alpha value is -3.24. The largest absolute Gasteiger partial charge is 0.744 e. The van der Waals surface area contributed by atoms with Crippen LogP contribution in [-0.4, -0.2) is 42.7 Å². The van der Waals surface area contributed by atoms with Crippen LogP contribution in [0.1, 0.15) is 115 Å². The van der Waals surface area contributed by atoms with Crippen molar-refractivity contribution in [3.63, 3.8) is 0 Å². The van der Waals surface area contributed by atoms with Gasteiger partial charge in [-0.15, -0.1) is 0 Å². The second-order valence-electron chi connectivity index (χ2n) is 11.5. The summed E-state index contributed by atoms with van der Waals surface area (Å²) in [5.41, 5.74) is 1.23. The van der Waals surface area contributed by atoms with E-state index in [2.05, 4.69) is 37.2 Å². The van der Waals surface area contributed by atoms with E-state index in [9.17, 15) is 22.6 Å². The summed E-state index contributed by atoms with van der Waals surface area (Å²) in [6.45, 7) is 11.2. The summed E-state index contributed by atoms with van der Waals surface area (Å²) in [6.07, 6.45) is 22.4. The number of hydrogen-bond donors (Lipinski definition) is 0. The Morgan fingerprint density at radius 1 is 0.978 bits per heavy atom. The Balaban J connectivity index is 0.000000701. The molecule has 0 saturated heterocycles. The second kappa shape index (κ2) is 22.3. The van der Waals surface area contributed by atoms with E-state index in [-0.39, 0.29) is 29.0 Å². The molecular weight excluding hydrogens is 592 g/mol. The van der Waals surface area contributed by atoms with E-state index in [4.69, 9.17) is 9.47 Å². The number of carbonyl (C=O) groups is 2. The molecule has 45 heavy (non-hydrogen) atoms. The van der Waals surface area contributed by atoms with Gasteiger partial charge in [-0.1, -0.05) is 89.7 Å². The highest BCUT2D eigenvalue weighted by molar-refractivity contribution is 7.85. The zero-order valence-corrected chi connectivity index (χ0v) is 28.6. The van der Waals surface area contributed by atoms with Gasteiger partial charge in [0.15, 0.2) is 0 Å². The molecule has 0 spiro atoms. The van der Waals surface area contributed by atoms with Crippen molar-refractivity contribution in [3.05, 3.63) is 67.3 Å². The minimum atomic E-state index is -4.31. The molecule has 1 aromatic heterocycles. The molecule has 10 heteroatoms. The molecule has 0 aliphatic heterocycles. The molecule has 0 saturated carbocycles. The highest BCUT2D eigenvalue weighted by Crippen LogP contribution is 2.27. The lowest BCUT2D eigenvalue weighted by Crippen LogP contribution is -2.31. The molecule has 2 rings (SSSR count). The standard InChI is InChI=1S/C27H47N2O4.C8H8O3S/c1-6-7-8-9-12-15-18-25(33-27(31)23(2)3)24(29-21-20-28(4)22-29)17-14-11-10-13-16-19-26(30)32-5;1-2-7-3-5-8(6-4-7)12(9,10)11/h20-22,24-25H,2,6-19H2,1,3-5H3;2-6H,1H2,(H,9,10,11)/q+1;/p-1. The van der Waals surface area contributed by atoms with Crippen LogP contribution in [0.4, 0.5) is 0 Å². The molecule has 2 aromatic rings. The van der Waals surface area contributed by atoms with Crippen molar-refractivity contribution >= 4 is 28.1 Å². The number of aromatic nitrogens is 2. The predicted octanol–water partition coefficient (Wildman–Crippen LogP) is 7.23. The molecular formula is C35H54N2O7S. The van der Waals surface area contributed by atoms with E-state index < -0.39 is 10.1 Å². The molecule has 0 aliphatic carbocycles. The SMILES string of the molecule is C=C(C)C(=O)OC(CCCCCCCC)C(CCCCCCCC(=O)OC)n1cc[n+](C)c1.C=Cc1ccc(S(=O)(=O)[O-])cc1. The van der Waals surface area contributed by atoms with Crippen LogP contribution >= 0.6 is 0 Å². The predicted molar refractivity (Wildman–Crippen MR) is 176 cm³/mol. The first-order valence-corrected chi connectivity index (χ1v) is 17.5. The number of aryl methyl sites for hydroxylation is 1. The minimum Gasteiger partial charge on any atom is -0.744 e. The summed E-state index contributed by atoms with van der Waals surface area (Å²) >= 11 is 0. The summed E-state index contributed by atoms with van der Waals surface area (Å²) < 4.78 is 46.3. The lowest BCUT2D eigenvalue weighted by Gasteiger charge is -2.25. The molecule has 2 atom stereocenters. The van der Waals surface area contributed by atoms with E-state index in [1.165, 1.54) is 63.5 Å². The van der Waals surface area contributed by atoms with Gasteiger partial charge in [0, 0.05) is 12.0 Å². The smallest absolute Gasteiger partial charge is 0.333 e. The lowest BCUT2D eigenvalue weighted by molar-refractivity contribution is -0.671. The monoisotopic (exact) mass is 646 g/mol. The molecule has 1 aromatic carbocycles. The highest BCUT2D eigenvalue weighted by Gasteiger charge is 2.30. The molecule has 252 valence electrons. The number of methoxy groups -OCH3 is 1. The summed E-state index contributed by atoms with van der Waals surface area (Å²) in [7, 11) is -0.864. The summed E-state index contributed by atoms with van der Waals surface area (Å²) in [6, 6.07) is 5.69. The van der Waals surface area contributed by atoms with Crippen molar-refractivity contribution < 1.29 is 36.6 Å². The van der Waals surface area contributed by atoms with E-state index in [0.29, 0.717) is 12.0 Å². The van der Waals surface area contributed by atoms with Gasteiger partial charge >= 0.3 is 11.9 Å². The van der Waals surface area contributed by atoms with Gasteiger partial charge < -0.3 is 14.0 Å². The van der Waals surface area contributed by atoms with Crippen LogP contribution in [0.2, 0.25) is 0 Å². The van der Waals surface area contributed by atoms with Gasteiger partial charge in [0.2, 0.25) is 6.33 Å². The van der Waals surface area contributed by atoms with Crippen LogP contribution in [0.3, 0.4) is 0 Å². The number of benzene rings is 1. The fourth-order valence-electron chi connectivity index (χ4n) is 4.91. The number of nitrogens with zero attached hydrogens (tertiary/aromatic N) is 2. The minimum absolute atomic E-state index is 0.111. The quantitative estimate of drug-likeness (QED) is 0.0462. The Morgan fingerprint density at radius 2 is 1.56 bits per heavy atom. The van der Waals surface area contributed by atoms with Crippen LogP contribution in [-0.2, 0) is 36.2 Å². The zero-order chi connectivity index (χ0) is 33.7. The molecule has 0 amide bonds. The topological polar surface area (TPSA) is 119 Å². The van der Waals surface area contributed by atoms with Gasteiger partial charge in [-0.2, -0.15) is 0 Å². The number of unbranched alkanes of at least 4 members (excludes halogenated alkanes) is 9. The first-order valence-electron chi connectivity index (χ1n) is 16.1. The third-order valence-electron chi connectivity index (χ3n) is 7.56. The zero-order valence-electron chi connectivity index (χ0n) is 27.7. The Bertz CT molecular complexity index is 1270. The van der Waals surface area contributed by atoms with Crippen molar-refractivity contribution in [3.8, 4) is 0 Å². The third kappa shape index (κ3) is 17.1. The highest BCUT2D eigenvalue weighted by atomic mass is 32.2.